The first-order chi connectivity index (χ1) is 15.2. The molecule has 1 aliphatic heterocycles. The lowest BCUT2D eigenvalue weighted by Crippen LogP contribution is -2.45. The molecule has 1 aromatic rings. The van der Waals surface area contributed by atoms with Crippen LogP contribution in [0.1, 0.15) is 70.3 Å². The van der Waals surface area contributed by atoms with E-state index in [2.05, 4.69) is 22.5 Å². The number of amides is 1. The molecule has 0 radical (unpaired) electrons. The second-order valence-electron chi connectivity index (χ2n) is 9.08. The van der Waals surface area contributed by atoms with Crippen LogP contribution < -0.4 is 15.4 Å². The maximum atomic E-state index is 12.7. The van der Waals surface area contributed by atoms with Crippen molar-refractivity contribution in [1.82, 2.24) is 20.5 Å². The van der Waals surface area contributed by atoms with Gasteiger partial charge in [-0.2, -0.15) is 0 Å². The van der Waals surface area contributed by atoms with E-state index in [1.54, 1.807) is 6.20 Å². The number of aromatic nitrogens is 1. The van der Waals surface area contributed by atoms with Crippen molar-refractivity contribution in [3.8, 4) is 5.88 Å². The zero-order valence-corrected chi connectivity index (χ0v) is 18.8. The number of ether oxygens (including phenoxy) is 1. The van der Waals surface area contributed by atoms with Crippen LogP contribution in [0.15, 0.2) is 23.3 Å². The predicted octanol–water partition coefficient (Wildman–Crippen LogP) is 3.25. The van der Waals surface area contributed by atoms with E-state index in [9.17, 15) is 4.79 Å². The molecule has 2 heterocycles. The second kappa shape index (κ2) is 10.8. The largest absolute Gasteiger partial charge is 0.474 e. The van der Waals surface area contributed by atoms with Crippen LogP contribution in [-0.4, -0.2) is 53.5 Å². The van der Waals surface area contributed by atoms with Gasteiger partial charge in [-0.25, -0.2) is 9.98 Å². The predicted molar refractivity (Wildman–Crippen MR) is 122 cm³/mol. The average molecular weight is 428 g/mol. The van der Waals surface area contributed by atoms with Gasteiger partial charge in [-0.3, -0.25) is 4.79 Å². The number of pyridine rings is 1. The molecule has 4 rings (SSSR count). The van der Waals surface area contributed by atoms with Crippen LogP contribution in [0, 0.1) is 5.92 Å². The van der Waals surface area contributed by atoms with Gasteiger partial charge >= 0.3 is 0 Å². The smallest absolute Gasteiger partial charge is 0.225 e. The minimum absolute atomic E-state index is 0.242. The molecule has 7 nitrogen and oxygen atoms in total. The lowest BCUT2D eigenvalue weighted by Gasteiger charge is -2.21. The molecule has 0 bridgehead atoms. The standard InChI is InChI=1S/C24H37N5O2/c1-2-25-24(28-20-13-15-29(17-20)23(30)18-8-3-4-9-18)27-16-19-10-7-14-26-22(19)31-21-11-5-6-12-21/h7,10,14,18,20-21H,2-6,8-9,11-13,15-17H2,1H3,(H2,25,27,28). The molecular weight excluding hydrogens is 390 g/mol. The van der Waals surface area contributed by atoms with Crippen molar-refractivity contribution in [2.24, 2.45) is 10.9 Å². The van der Waals surface area contributed by atoms with Gasteiger partial charge < -0.3 is 20.3 Å². The Morgan fingerprint density at radius 3 is 2.74 bits per heavy atom. The Balaban J connectivity index is 1.34. The normalized spacial score (nSPS) is 22.8. The lowest BCUT2D eigenvalue weighted by molar-refractivity contribution is -0.134. The van der Waals surface area contributed by atoms with Gasteiger partial charge in [0.15, 0.2) is 5.96 Å². The van der Waals surface area contributed by atoms with E-state index in [0.29, 0.717) is 18.3 Å². The van der Waals surface area contributed by atoms with E-state index in [4.69, 9.17) is 9.73 Å². The number of likely N-dealkylation sites (tertiary alicyclic amines) is 1. The van der Waals surface area contributed by atoms with Crippen molar-refractivity contribution >= 4 is 11.9 Å². The van der Waals surface area contributed by atoms with E-state index in [0.717, 1.165) is 63.3 Å². The van der Waals surface area contributed by atoms with Crippen molar-refractivity contribution < 1.29 is 9.53 Å². The Morgan fingerprint density at radius 1 is 1.19 bits per heavy atom. The second-order valence-corrected chi connectivity index (χ2v) is 9.08. The molecule has 1 aromatic heterocycles. The van der Waals surface area contributed by atoms with E-state index < -0.39 is 0 Å². The molecule has 2 N–H and O–H groups in total. The molecule has 2 aliphatic carbocycles. The molecular formula is C24H37N5O2. The van der Waals surface area contributed by atoms with Gasteiger partial charge in [0.1, 0.15) is 6.10 Å². The summed E-state index contributed by atoms with van der Waals surface area (Å²) in [7, 11) is 0. The summed E-state index contributed by atoms with van der Waals surface area (Å²) in [5, 5.41) is 6.88. The molecule has 31 heavy (non-hydrogen) atoms. The number of hydrogen-bond donors (Lipinski definition) is 2. The van der Waals surface area contributed by atoms with Gasteiger partial charge in [0.2, 0.25) is 11.8 Å². The van der Waals surface area contributed by atoms with E-state index in [1.165, 1.54) is 25.7 Å². The maximum absolute atomic E-state index is 12.7. The third-order valence-corrected chi connectivity index (χ3v) is 6.73. The van der Waals surface area contributed by atoms with Crippen molar-refractivity contribution in [2.75, 3.05) is 19.6 Å². The fourth-order valence-corrected chi connectivity index (χ4v) is 5.00. The van der Waals surface area contributed by atoms with Crippen LogP contribution in [0.2, 0.25) is 0 Å². The molecule has 170 valence electrons. The van der Waals surface area contributed by atoms with Crippen LogP contribution in [0.3, 0.4) is 0 Å². The van der Waals surface area contributed by atoms with Gasteiger partial charge in [-0.15, -0.1) is 0 Å². The van der Waals surface area contributed by atoms with E-state index in [-0.39, 0.29) is 18.1 Å². The summed E-state index contributed by atoms with van der Waals surface area (Å²) in [5.74, 6) is 2.11. The zero-order chi connectivity index (χ0) is 21.5. The Kier molecular flexibility index (Phi) is 7.65. The molecule has 3 fully saturated rings. The number of hydrogen-bond acceptors (Lipinski definition) is 4. The van der Waals surface area contributed by atoms with E-state index in [1.807, 2.05) is 17.0 Å². The SMILES string of the molecule is CCNC(=NCc1cccnc1OC1CCCC1)NC1CCN(C(=O)C2CCCC2)C1. The van der Waals surface area contributed by atoms with Crippen LogP contribution in [0.4, 0.5) is 0 Å². The molecule has 2 saturated carbocycles. The molecule has 1 amide bonds. The summed E-state index contributed by atoms with van der Waals surface area (Å²) in [6, 6.07) is 4.23. The summed E-state index contributed by atoms with van der Waals surface area (Å²) in [4.78, 5) is 24.0. The minimum Gasteiger partial charge on any atom is -0.474 e. The van der Waals surface area contributed by atoms with Crippen LogP contribution in [0.5, 0.6) is 5.88 Å². The highest BCUT2D eigenvalue weighted by atomic mass is 16.5. The van der Waals surface area contributed by atoms with Gasteiger partial charge in [-0.1, -0.05) is 18.9 Å². The van der Waals surface area contributed by atoms with Gasteiger partial charge in [0.25, 0.3) is 0 Å². The van der Waals surface area contributed by atoms with Crippen LogP contribution in [0.25, 0.3) is 0 Å². The highest BCUT2D eigenvalue weighted by Crippen LogP contribution is 2.28. The first-order valence-corrected chi connectivity index (χ1v) is 12.2. The number of carbonyl (C=O) groups is 1. The summed E-state index contributed by atoms with van der Waals surface area (Å²) in [6.07, 6.45) is 12.3. The maximum Gasteiger partial charge on any atom is 0.225 e. The summed E-state index contributed by atoms with van der Waals surface area (Å²) in [5.41, 5.74) is 1.01. The van der Waals surface area contributed by atoms with Crippen molar-refractivity contribution in [3.63, 3.8) is 0 Å². The number of nitrogens with zero attached hydrogens (tertiary/aromatic N) is 3. The Hall–Kier alpha value is -2.31. The monoisotopic (exact) mass is 427 g/mol. The Morgan fingerprint density at radius 2 is 1.97 bits per heavy atom. The highest BCUT2D eigenvalue weighted by molar-refractivity contribution is 5.81. The van der Waals surface area contributed by atoms with Gasteiger partial charge in [0.05, 0.1) is 6.54 Å². The fourth-order valence-electron chi connectivity index (χ4n) is 5.00. The Labute approximate surface area is 186 Å². The van der Waals surface area contributed by atoms with Crippen molar-refractivity contribution in [2.45, 2.75) is 83.4 Å². The third kappa shape index (κ3) is 5.89. The zero-order valence-electron chi connectivity index (χ0n) is 18.8. The third-order valence-electron chi connectivity index (χ3n) is 6.73. The quantitative estimate of drug-likeness (QED) is 0.516. The number of aliphatic imine (C=N–C) groups is 1. The molecule has 1 saturated heterocycles. The van der Waals surface area contributed by atoms with Gasteiger partial charge in [0, 0.05) is 43.4 Å². The minimum atomic E-state index is 0.242. The first kappa shape index (κ1) is 21.9. The number of carbonyl (C=O) groups excluding carboxylic acids is 1. The summed E-state index contributed by atoms with van der Waals surface area (Å²) >= 11 is 0. The molecule has 1 atom stereocenters. The van der Waals surface area contributed by atoms with E-state index >= 15 is 0 Å². The molecule has 1 unspecified atom stereocenters. The van der Waals surface area contributed by atoms with Crippen LogP contribution in [-0.2, 0) is 11.3 Å². The van der Waals surface area contributed by atoms with Crippen molar-refractivity contribution in [3.05, 3.63) is 23.9 Å². The van der Waals surface area contributed by atoms with Crippen molar-refractivity contribution in [1.29, 1.82) is 0 Å². The molecule has 7 heteroatoms. The average Bonchev–Trinajstić information content (AvgIpc) is 3.55. The fraction of sp³-hybridized carbons (Fsp3) is 0.708. The lowest BCUT2D eigenvalue weighted by atomic mass is 10.1. The summed E-state index contributed by atoms with van der Waals surface area (Å²) in [6.45, 7) is 4.99. The molecule has 0 spiro atoms. The number of nitrogens with one attached hydrogen (secondary N) is 2. The Bertz CT molecular complexity index is 756. The number of guanidine groups is 1. The highest BCUT2D eigenvalue weighted by Gasteiger charge is 2.32. The number of rotatable bonds is 7. The van der Waals surface area contributed by atoms with Crippen LogP contribution >= 0.6 is 0 Å². The topological polar surface area (TPSA) is 78.9 Å². The molecule has 3 aliphatic rings. The van der Waals surface area contributed by atoms with Gasteiger partial charge in [-0.05, 0) is 57.9 Å². The first-order valence-electron chi connectivity index (χ1n) is 12.2. The molecule has 0 aromatic carbocycles. The summed E-state index contributed by atoms with van der Waals surface area (Å²) < 4.78 is 6.16.